The van der Waals surface area contributed by atoms with Crippen LogP contribution in [0.4, 0.5) is 4.39 Å². The number of rotatable bonds is 7. The van der Waals surface area contributed by atoms with Crippen molar-refractivity contribution in [3.05, 3.63) is 95.6 Å². The molecule has 138 valence electrons. The number of carbonyl (C=O) groups is 1. The van der Waals surface area contributed by atoms with E-state index in [1.165, 1.54) is 12.1 Å². The van der Waals surface area contributed by atoms with Gasteiger partial charge in [0.25, 0.3) is 0 Å². The van der Waals surface area contributed by atoms with Crippen LogP contribution in [0.1, 0.15) is 29.7 Å². The maximum atomic E-state index is 12.9. The van der Waals surface area contributed by atoms with E-state index < -0.39 is 0 Å². The van der Waals surface area contributed by atoms with Crippen molar-refractivity contribution in [1.82, 2.24) is 10.3 Å². The van der Waals surface area contributed by atoms with Crippen LogP contribution >= 0.6 is 0 Å². The highest BCUT2D eigenvalue weighted by atomic mass is 19.1. The summed E-state index contributed by atoms with van der Waals surface area (Å²) in [6.45, 7) is 2.38. The van der Waals surface area contributed by atoms with Gasteiger partial charge in [-0.05, 0) is 48.4 Å². The third-order valence-electron chi connectivity index (χ3n) is 4.16. The number of pyridine rings is 1. The largest absolute Gasteiger partial charge is 0.489 e. The molecule has 3 aromatic rings. The predicted octanol–water partition coefficient (Wildman–Crippen LogP) is 4.22. The Hall–Kier alpha value is -3.21. The van der Waals surface area contributed by atoms with Crippen LogP contribution < -0.4 is 10.1 Å². The minimum atomic E-state index is -0.307. The first-order chi connectivity index (χ1) is 13.1. The van der Waals surface area contributed by atoms with Crippen molar-refractivity contribution in [3.8, 4) is 5.75 Å². The van der Waals surface area contributed by atoms with Crippen molar-refractivity contribution in [2.75, 3.05) is 0 Å². The lowest BCUT2D eigenvalue weighted by Gasteiger charge is -2.15. The van der Waals surface area contributed by atoms with Crippen molar-refractivity contribution in [2.24, 2.45) is 0 Å². The Morgan fingerprint density at radius 3 is 2.48 bits per heavy atom. The van der Waals surface area contributed by atoms with Gasteiger partial charge in [0.2, 0.25) is 5.91 Å². The normalized spacial score (nSPS) is 11.6. The first-order valence-electron chi connectivity index (χ1n) is 8.75. The van der Waals surface area contributed by atoms with Crippen molar-refractivity contribution in [2.45, 2.75) is 26.0 Å². The zero-order valence-corrected chi connectivity index (χ0v) is 15.1. The Bertz CT molecular complexity index is 865. The fourth-order valence-electron chi connectivity index (χ4n) is 2.67. The quantitative estimate of drug-likeness (QED) is 0.683. The molecule has 0 spiro atoms. The van der Waals surface area contributed by atoms with Gasteiger partial charge in [0.15, 0.2) is 0 Å². The minimum absolute atomic E-state index is 0.106. The molecule has 0 aliphatic rings. The van der Waals surface area contributed by atoms with Crippen molar-refractivity contribution in [3.63, 3.8) is 0 Å². The molecule has 1 aromatic heterocycles. The molecule has 1 N–H and O–H groups in total. The van der Waals surface area contributed by atoms with E-state index in [0.29, 0.717) is 6.61 Å². The minimum Gasteiger partial charge on any atom is -0.489 e. The van der Waals surface area contributed by atoms with E-state index in [-0.39, 0.29) is 24.2 Å². The first kappa shape index (κ1) is 18.6. The van der Waals surface area contributed by atoms with Crippen LogP contribution in [0.5, 0.6) is 5.75 Å². The lowest BCUT2D eigenvalue weighted by molar-refractivity contribution is -0.121. The van der Waals surface area contributed by atoms with Crippen LogP contribution in [0.2, 0.25) is 0 Å². The molecule has 4 nitrogen and oxygen atoms in total. The Labute approximate surface area is 158 Å². The van der Waals surface area contributed by atoms with Gasteiger partial charge in [-0.15, -0.1) is 0 Å². The topological polar surface area (TPSA) is 51.2 Å². The predicted molar refractivity (Wildman–Crippen MR) is 102 cm³/mol. The molecule has 2 aromatic carbocycles. The highest BCUT2D eigenvalue weighted by Gasteiger charge is 2.10. The second kappa shape index (κ2) is 8.94. The molecular formula is C22H21FN2O2. The maximum Gasteiger partial charge on any atom is 0.224 e. The number of halogens is 1. The van der Waals surface area contributed by atoms with Gasteiger partial charge >= 0.3 is 0 Å². The number of nitrogens with zero attached hydrogens (tertiary/aromatic N) is 1. The average molecular weight is 364 g/mol. The number of carbonyl (C=O) groups excluding carboxylic acids is 1. The van der Waals surface area contributed by atoms with E-state index in [2.05, 4.69) is 10.3 Å². The van der Waals surface area contributed by atoms with Gasteiger partial charge in [0, 0.05) is 18.0 Å². The molecule has 0 unspecified atom stereocenters. The Balaban J connectivity index is 1.51. The third kappa shape index (κ3) is 5.64. The summed E-state index contributed by atoms with van der Waals surface area (Å²) in [7, 11) is 0. The molecule has 3 rings (SSSR count). The lowest BCUT2D eigenvalue weighted by atomic mass is 10.1. The summed E-state index contributed by atoms with van der Waals surface area (Å²) in [5.41, 5.74) is 2.76. The molecule has 0 saturated carbocycles. The second-order valence-corrected chi connectivity index (χ2v) is 6.31. The van der Waals surface area contributed by atoms with Crippen molar-refractivity contribution < 1.29 is 13.9 Å². The highest BCUT2D eigenvalue weighted by molar-refractivity contribution is 5.79. The van der Waals surface area contributed by atoms with Crippen LogP contribution in [-0.4, -0.2) is 10.9 Å². The van der Waals surface area contributed by atoms with Crippen LogP contribution in [0.3, 0.4) is 0 Å². The number of benzene rings is 2. The second-order valence-electron chi connectivity index (χ2n) is 6.31. The molecule has 1 amide bonds. The summed E-state index contributed by atoms with van der Waals surface area (Å²) in [4.78, 5) is 16.2. The van der Waals surface area contributed by atoms with Gasteiger partial charge < -0.3 is 10.1 Å². The lowest BCUT2D eigenvalue weighted by Crippen LogP contribution is -2.28. The van der Waals surface area contributed by atoms with E-state index in [9.17, 15) is 9.18 Å². The number of aromatic nitrogens is 1. The smallest absolute Gasteiger partial charge is 0.224 e. The van der Waals surface area contributed by atoms with E-state index >= 15 is 0 Å². The van der Waals surface area contributed by atoms with Gasteiger partial charge in [-0.2, -0.15) is 0 Å². The molecule has 0 saturated heterocycles. The molecule has 1 heterocycles. The van der Waals surface area contributed by atoms with E-state index in [4.69, 9.17) is 4.74 Å². The fourth-order valence-corrected chi connectivity index (χ4v) is 2.67. The number of ether oxygens (including phenoxy) is 1. The van der Waals surface area contributed by atoms with Crippen LogP contribution in [0, 0.1) is 5.82 Å². The van der Waals surface area contributed by atoms with Crippen LogP contribution in [-0.2, 0) is 17.8 Å². The third-order valence-corrected chi connectivity index (χ3v) is 4.16. The number of hydrogen-bond acceptors (Lipinski definition) is 3. The summed E-state index contributed by atoms with van der Waals surface area (Å²) in [6, 6.07) is 17.3. The molecule has 0 aliphatic carbocycles. The molecule has 0 fully saturated rings. The number of nitrogens with one attached hydrogen (secondary N) is 1. The van der Waals surface area contributed by atoms with E-state index in [1.807, 2.05) is 43.3 Å². The zero-order chi connectivity index (χ0) is 19.1. The summed E-state index contributed by atoms with van der Waals surface area (Å²) < 4.78 is 18.7. The van der Waals surface area contributed by atoms with Gasteiger partial charge in [-0.3, -0.25) is 9.78 Å². The Morgan fingerprint density at radius 1 is 1.07 bits per heavy atom. The van der Waals surface area contributed by atoms with Gasteiger partial charge in [0.1, 0.15) is 18.2 Å². The zero-order valence-electron chi connectivity index (χ0n) is 15.1. The van der Waals surface area contributed by atoms with E-state index in [1.54, 1.807) is 24.5 Å². The van der Waals surface area contributed by atoms with Crippen LogP contribution in [0.15, 0.2) is 73.1 Å². The molecule has 5 heteroatoms. The van der Waals surface area contributed by atoms with Crippen molar-refractivity contribution >= 4 is 5.91 Å². The average Bonchev–Trinajstić information content (AvgIpc) is 2.69. The molecule has 0 aliphatic heterocycles. The SMILES string of the molecule is C[C@H](NC(=O)Cc1ccc(F)cc1)c1ccc(OCc2cccnc2)cc1. The highest BCUT2D eigenvalue weighted by Crippen LogP contribution is 2.19. The summed E-state index contributed by atoms with van der Waals surface area (Å²) in [6.07, 6.45) is 3.72. The Kier molecular flexibility index (Phi) is 6.15. The summed E-state index contributed by atoms with van der Waals surface area (Å²) >= 11 is 0. The summed E-state index contributed by atoms with van der Waals surface area (Å²) in [5, 5.41) is 2.95. The van der Waals surface area contributed by atoms with Crippen molar-refractivity contribution in [1.29, 1.82) is 0 Å². The molecule has 27 heavy (non-hydrogen) atoms. The molecule has 0 bridgehead atoms. The Morgan fingerprint density at radius 2 is 1.81 bits per heavy atom. The number of amides is 1. The van der Waals surface area contributed by atoms with Crippen LogP contribution in [0.25, 0.3) is 0 Å². The molecular weight excluding hydrogens is 343 g/mol. The number of hydrogen-bond donors (Lipinski definition) is 1. The summed E-state index contributed by atoms with van der Waals surface area (Å²) in [5.74, 6) is 0.344. The molecule has 0 radical (unpaired) electrons. The van der Waals surface area contributed by atoms with Gasteiger partial charge in [-0.25, -0.2) is 4.39 Å². The maximum absolute atomic E-state index is 12.9. The van der Waals surface area contributed by atoms with Gasteiger partial charge in [-0.1, -0.05) is 30.3 Å². The standard InChI is InChI=1S/C22H21FN2O2/c1-16(25-22(26)13-17-4-8-20(23)9-5-17)19-6-10-21(11-7-19)27-15-18-3-2-12-24-14-18/h2-12,14,16H,13,15H2,1H3,(H,25,26)/t16-/m0/s1. The first-order valence-corrected chi connectivity index (χ1v) is 8.75. The molecule has 1 atom stereocenters. The monoisotopic (exact) mass is 364 g/mol. The van der Waals surface area contributed by atoms with E-state index in [0.717, 1.165) is 22.4 Å². The van der Waals surface area contributed by atoms with Gasteiger partial charge in [0.05, 0.1) is 12.5 Å². The fraction of sp³-hybridized carbons (Fsp3) is 0.182.